The van der Waals surface area contributed by atoms with Crippen LogP contribution in [0.3, 0.4) is 0 Å². The van der Waals surface area contributed by atoms with Gasteiger partial charge in [0.2, 0.25) is 0 Å². The third-order valence-electron chi connectivity index (χ3n) is 2.92. The summed E-state index contributed by atoms with van der Waals surface area (Å²) in [6.45, 7) is 2.27. The monoisotopic (exact) mass is 271 g/mol. The van der Waals surface area contributed by atoms with Gasteiger partial charge in [0.15, 0.2) is 11.2 Å². The highest BCUT2D eigenvalue weighted by molar-refractivity contribution is 5.70. The van der Waals surface area contributed by atoms with Crippen molar-refractivity contribution in [1.29, 1.82) is 0 Å². The molecule has 0 aliphatic rings. The average molecular weight is 271 g/mol. The first-order chi connectivity index (χ1) is 9.72. The molecule has 0 bridgehead atoms. The zero-order valence-corrected chi connectivity index (χ0v) is 11.1. The van der Waals surface area contributed by atoms with E-state index in [0.29, 0.717) is 12.3 Å². The van der Waals surface area contributed by atoms with Crippen LogP contribution < -0.4 is 10.3 Å². The van der Waals surface area contributed by atoms with Crippen LogP contribution in [0, 0.1) is 0 Å². The van der Waals surface area contributed by atoms with E-state index >= 15 is 0 Å². The first-order valence-corrected chi connectivity index (χ1v) is 6.23. The lowest BCUT2D eigenvalue weighted by Crippen LogP contribution is -2.21. The van der Waals surface area contributed by atoms with Crippen LogP contribution in [0.1, 0.15) is 6.92 Å². The Balaban J connectivity index is 2.29. The van der Waals surface area contributed by atoms with Gasteiger partial charge in [0.1, 0.15) is 0 Å². The molecule has 20 heavy (non-hydrogen) atoms. The molecule has 2 heterocycles. The van der Waals surface area contributed by atoms with Crippen molar-refractivity contribution in [3.05, 3.63) is 40.7 Å². The predicted molar refractivity (Wildman–Crippen MR) is 73.1 cm³/mol. The minimum absolute atomic E-state index is 0.222. The Morgan fingerprint density at radius 2 is 2.00 bits per heavy atom. The van der Waals surface area contributed by atoms with Gasteiger partial charge < -0.3 is 4.74 Å². The number of fused-ring (bicyclic) bond motifs is 1. The summed E-state index contributed by atoms with van der Waals surface area (Å²) in [4.78, 5) is 16.5. The molecule has 0 radical (unpaired) electrons. The lowest BCUT2D eigenvalue weighted by Gasteiger charge is -2.07. The number of aromatic nitrogens is 5. The molecule has 0 amide bonds. The quantitative estimate of drug-likeness (QED) is 0.708. The molecule has 7 heteroatoms. The van der Waals surface area contributed by atoms with Crippen molar-refractivity contribution in [2.24, 2.45) is 7.05 Å². The standard InChI is InChI=1S/C13H13N5O2/c1-3-20-13-14-11-10(12(19)17(13)2)15-16-18(11)9-7-5-4-6-8-9/h4-8H,3H2,1-2H3. The summed E-state index contributed by atoms with van der Waals surface area (Å²) in [5, 5.41) is 7.92. The molecule has 2 aromatic heterocycles. The van der Waals surface area contributed by atoms with E-state index in [1.54, 1.807) is 7.05 Å². The van der Waals surface area contributed by atoms with Gasteiger partial charge in [-0.3, -0.25) is 9.36 Å². The summed E-state index contributed by atoms with van der Waals surface area (Å²) in [5.74, 6) is 0. The lowest BCUT2D eigenvalue weighted by molar-refractivity contribution is 0.297. The molecule has 102 valence electrons. The van der Waals surface area contributed by atoms with E-state index in [9.17, 15) is 4.79 Å². The second-order valence-corrected chi connectivity index (χ2v) is 4.20. The molecule has 3 aromatic rings. The van der Waals surface area contributed by atoms with E-state index in [4.69, 9.17) is 4.74 Å². The van der Waals surface area contributed by atoms with Gasteiger partial charge >= 0.3 is 6.01 Å². The highest BCUT2D eigenvalue weighted by Gasteiger charge is 2.16. The van der Waals surface area contributed by atoms with E-state index in [0.717, 1.165) is 5.69 Å². The van der Waals surface area contributed by atoms with Crippen molar-refractivity contribution in [2.75, 3.05) is 6.61 Å². The van der Waals surface area contributed by atoms with Crippen LogP contribution in [0.4, 0.5) is 0 Å². The SMILES string of the molecule is CCOc1nc2c(nnn2-c2ccccc2)c(=O)n1C. The Hall–Kier alpha value is -2.70. The first kappa shape index (κ1) is 12.3. The van der Waals surface area contributed by atoms with E-state index in [-0.39, 0.29) is 17.1 Å². The van der Waals surface area contributed by atoms with Gasteiger partial charge in [-0.2, -0.15) is 9.67 Å². The van der Waals surface area contributed by atoms with Crippen molar-refractivity contribution in [3.8, 4) is 11.7 Å². The van der Waals surface area contributed by atoms with Crippen molar-refractivity contribution in [3.63, 3.8) is 0 Å². The van der Waals surface area contributed by atoms with Crippen molar-refractivity contribution in [1.82, 2.24) is 24.5 Å². The van der Waals surface area contributed by atoms with Crippen molar-refractivity contribution >= 4 is 11.2 Å². The largest absolute Gasteiger partial charge is 0.465 e. The summed E-state index contributed by atoms with van der Waals surface area (Å²) in [6, 6.07) is 9.66. The number of hydrogen-bond donors (Lipinski definition) is 0. The second-order valence-electron chi connectivity index (χ2n) is 4.20. The molecule has 0 saturated heterocycles. The molecule has 3 rings (SSSR count). The van der Waals surface area contributed by atoms with Crippen LogP contribution in [-0.4, -0.2) is 31.2 Å². The van der Waals surface area contributed by atoms with E-state index in [2.05, 4.69) is 15.3 Å². The normalized spacial score (nSPS) is 10.9. The van der Waals surface area contributed by atoms with Gasteiger partial charge in [0, 0.05) is 7.05 Å². The van der Waals surface area contributed by atoms with Gasteiger partial charge in [0.05, 0.1) is 12.3 Å². The average Bonchev–Trinajstić information content (AvgIpc) is 2.89. The molecule has 0 aliphatic heterocycles. The number of hydrogen-bond acceptors (Lipinski definition) is 5. The summed E-state index contributed by atoms with van der Waals surface area (Å²) in [7, 11) is 1.60. The molecule has 0 saturated carbocycles. The van der Waals surface area contributed by atoms with Crippen molar-refractivity contribution in [2.45, 2.75) is 6.92 Å². The molecule has 0 atom stereocenters. The Morgan fingerprint density at radius 1 is 1.25 bits per heavy atom. The smallest absolute Gasteiger partial charge is 0.301 e. The molecular weight excluding hydrogens is 258 g/mol. The summed E-state index contributed by atoms with van der Waals surface area (Å²) >= 11 is 0. The minimum Gasteiger partial charge on any atom is -0.465 e. The lowest BCUT2D eigenvalue weighted by atomic mass is 10.3. The van der Waals surface area contributed by atoms with Gasteiger partial charge in [-0.25, -0.2) is 0 Å². The number of para-hydroxylation sites is 1. The number of ether oxygens (including phenoxy) is 1. The maximum Gasteiger partial charge on any atom is 0.301 e. The minimum atomic E-state index is -0.277. The van der Waals surface area contributed by atoms with Crippen LogP contribution in [0.25, 0.3) is 16.9 Å². The third kappa shape index (κ3) is 1.83. The maximum absolute atomic E-state index is 12.2. The Labute approximate surface area is 114 Å². The van der Waals surface area contributed by atoms with Gasteiger partial charge in [-0.1, -0.05) is 23.4 Å². The molecule has 0 aliphatic carbocycles. The Morgan fingerprint density at radius 3 is 2.70 bits per heavy atom. The topological polar surface area (TPSA) is 74.8 Å². The van der Waals surface area contributed by atoms with Crippen LogP contribution in [0.15, 0.2) is 35.1 Å². The molecule has 0 unspecified atom stereocenters. The molecule has 1 aromatic carbocycles. The van der Waals surface area contributed by atoms with Gasteiger partial charge in [0.25, 0.3) is 5.56 Å². The summed E-state index contributed by atoms with van der Waals surface area (Å²) in [6.07, 6.45) is 0. The predicted octanol–water partition coefficient (Wildman–Crippen LogP) is 0.913. The molecule has 7 nitrogen and oxygen atoms in total. The zero-order chi connectivity index (χ0) is 14.1. The fourth-order valence-electron chi connectivity index (χ4n) is 1.93. The second kappa shape index (κ2) is 4.76. The fraction of sp³-hybridized carbons (Fsp3) is 0.231. The first-order valence-electron chi connectivity index (χ1n) is 6.23. The van der Waals surface area contributed by atoms with Crippen molar-refractivity contribution < 1.29 is 4.74 Å². The molecule has 0 fully saturated rings. The van der Waals surface area contributed by atoms with Gasteiger partial charge in [-0.15, -0.1) is 5.10 Å². The zero-order valence-electron chi connectivity index (χ0n) is 11.1. The van der Waals surface area contributed by atoms with Crippen LogP contribution in [-0.2, 0) is 7.05 Å². The highest BCUT2D eigenvalue weighted by atomic mass is 16.5. The maximum atomic E-state index is 12.2. The Bertz CT molecular complexity index is 807. The molecule has 0 N–H and O–H groups in total. The summed E-state index contributed by atoms with van der Waals surface area (Å²) < 4.78 is 8.23. The third-order valence-corrected chi connectivity index (χ3v) is 2.92. The summed E-state index contributed by atoms with van der Waals surface area (Å²) in [5.41, 5.74) is 1.13. The fourth-order valence-corrected chi connectivity index (χ4v) is 1.93. The molecule has 0 spiro atoms. The molecular formula is C13H13N5O2. The highest BCUT2D eigenvalue weighted by Crippen LogP contribution is 2.14. The van der Waals surface area contributed by atoms with Crippen LogP contribution in [0.2, 0.25) is 0 Å². The van der Waals surface area contributed by atoms with E-state index in [1.807, 2.05) is 37.3 Å². The number of rotatable bonds is 3. The van der Waals surface area contributed by atoms with Gasteiger partial charge in [-0.05, 0) is 19.1 Å². The van der Waals surface area contributed by atoms with Crippen LogP contribution >= 0.6 is 0 Å². The number of nitrogens with zero attached hydrogens (tertiary/aromatic N) is 5. The Kier molecular flexibility index (Phi) is 2.94. The van der Waals surface area contributed by atoms with E-state index < -0.39 is 0 Å². The number of benzene rings is 1. The van der Waals surface area contributed by atoms with E-state index in [1.165, 1.54) is 9.25 Å². The van der Waals surface area contributed by atoms with Crippen LogP contribution in [0.5, 0.6) is 6.01 Å².